The van der Waals surface area contributed by atoms with E-state index in [4.69, 9.17) is 4.74 Å². The topological polar surface area (TPSA) is 75.7 Å². The number of aromatic amines is 1. The Kier molecular flexibility index (Phi) is 4.23. The summed E-state index contributed by atoms with van der Waals surface area (Å²) < 4.78 is 5.29. The number of methoxy groups -OCH3 is 1. The smallest absolute Gasteiger partial charge is 0.145 e. The van der Waals surface area contributed by atoms with Gasteiger partial charge in [-0.15, -0.1) is 0 Å². The van der Waals surface area contributed by atoms with Gasteiger partial charge in [-0.2, -0.15) is 5.10 Å². The molecule has 2 aromatic carbocycles. The molecule has 0 aliphatic heterocycles. The van der Waals surface area contributed by atoms with E-state index in [-0.39, 0.29) is 6.04 Å². The highest BCUT2D eigenvalue weighted by Crippen LogP contribution is 2.25. The molecule has 1 unspecified atom stereocenters. The quantitative estimate of drug-likeness (QED) is 0.567. The maximum atomic E-state index is 5.29. The fourth-order valence-corrected chi connectivity index (χ4v) is 2.88. The minimum absolute atomic E-state index is 0.0852. The molecule has 0 saturated carbocycles. The third-order valence-electron chi connectivity index (χ3n) is 4.33. The molecule has 26 heavy (non-hydrogen) atoms. The number of anilines is 1. The van der Waals surface area contributed by atoms with Crippen molar-refractivity contribution >= 4 is 16.9 Å². The second-order valence-electron chi connectivity index (χ2n) is 6.09. The van der Waals surface area contributed by atoms with Crippen molar-refractivity contribution in [2.75, 3.05) is 12.4 Å². The number of hydrogen-bond donors (Lipinski definition) is 2. The minimum atomic E-state index is 0.0852. The van der Waals surface area contributed by atoms with Gasteiger partial charge >= 0.3 is 0 Å². The zero-order valence-corrected chi connectivity index (χ0v) is 14.6. The number of nitrogens with zero attached hydrogens (tertiary/aromatic N) is 3. The van der Waals surface area contributed by atoms with Crippen LogP contribution in [-0.2, 0) is 0 Å². The SMILES string of the molecule is COc1cccc(C(C)Nc2cnc3cc(-c4cn[nH]c4)ccc3n2)c1. The van der Waals surface area contributed by atoms with Crippen molar-refractivity contribution in [3.05, 3.63) is 66.6 Å². The standard InChI is InChI=1S/C20H19N5O/c1-13(14-4-3-5-17(8-14)26-2)24-20-12-21-19-9-15(6-7-18(19)25-20)16-10-22-23-11-16/h3-13H,1-2H3,(H,22,23)(H,24,25). The molecule has 4 rings (SSSR count). The zero-order chi connectivity index (χ0) is 17.9. The van der Waals surface area contributed by atoms with Crippen molar-refractivity contribution in [3.63, 3.8) is 0 Å². The second-order valence-corrected chi connectivity index (χ2v) is 6.09. The maximum absolute atomic E-state index is 5.29. The first kappa shape index (κ1) is 16.1. The van der Waals surface area contributed by atoms with Crippen LogP contribution >= 0.6 is 0 Å². The molecule has 1 atom stereocenters. The van der Waals surface area contributed by atoms with Crippen LogP contribution in [0.1, 0.15) is 18.5 Å². The number of hydrogen-bond acceptors (Lipinski definition) is 5. The molecular formula is C20H19N5O. The van der Waals surface area contributed by atoms with Crippen LogP contribution in [0.3, 0.4) is 0 Å². The fraction of sp³-hybridized carbons (Fsp3) is 0.150. The van der Waals surface area contributed by atoms with Crippen LogP contribution in [0.2, 0.25) is 0 Å². The van der Waals surface area contributed by atoms with Gasteiger partial charge in [0.2, 0.25) is 0 Å². The van der Waals surface area contributed by atoms with Crippen LogP contribution in [0.4, 0.5) is 5.82 Å². The van der Waals surface area contributed by atoms with Gasteiger partial charge in [0.05, 0.1) is 36.6 Å². The van der Waals surface area contributed by atoms with Gasteiger partial charge in [0.15, 0.2) is 0 Å². The molecule has 4 aromatic rings. The number of H-pyrrole nitrogens is 1. The third kappa shape index (κ3) is 3.21. The molecule has 0 bridgehead atoms. The molecule has 2 heterocycles. The molecule has 2 N–H and O–H groups in total. The molecule has 0 fully saturated rings. The Labute approximate surface area is 151 Å². The minimum Gasteiger partial charge on any atom is -0.497 e. The molecule has 0 amide bonds. The number of rotatable bonds is 5. The lowest BCUT2D eigenvalue weighted by molar-refractivity contribution is 0.414. The van der Waals surface area contributed by atoms with Crippen LogP contribution in [0.25, 0.3) is 22.2 Å². The summed E-state index contributed by atoms with van der Waals surface area (Å²) in [4.78, 5) is 9.23. The molecule has 0 aliphatic carbocycles. The number of aromatic nitrogens is 4. The first-order chi connectivity index (χ1) is 12.7. The molecule has 0 radical (unpaired) electrons. The normalized spacial score (nSPS) is 12.1. The molecule has 2 aromatic heterocycles. The Morgan fingerprint density at radius 3 is 2.77 bits per heavy atom. The first-order valence-corrected chi connectivity index (χ1v) is 8.39. The number of benzene rings is 2. The third-order valence-corrected chi connectivity index (χ3v) is 4.33. The summed E-state index contributed by atoms with van der Waals surface area (Å²) in [6, 6.07) is 14.1. The largest absolute Gasteiger partial charge is 0.497 e. The maximum Gasteiger partial charge on any atom is 0.145 e. The molecule has 130 valence electrons. The molecule has 6 heteroatoms. The van der Waals surface area contributed by atoms with E-state index < -0.39 is 0 Å². The van der Waals surface area contributed by atoms with Crippen LogP contribution in [0.15, 0.2) is 61.1 Å². The monoisotopic (exact) mass is 345 g/mol. The fourth-order valence-electron chi connectivity index (χ4n) is 2.88. The highest BCUT2D eigenvalue weighted by molar-refractivity contribution is 5.81. The summed E-state index contributed by atoms with van der Waals surface area (Å²) in [5.74, 6) is 1.58. The van der Waals surface area contributed by atoms with E-state index in [1.807, 2.05) is 42.6 Å². The first-order valence-electron chi connectivity index (χ1n) is 8.39. The van der Waals surface area contributed by atoms with Gasteiger partial charge in [0, 0.05) is 11.8 Å². The van der Waals surface area contributed by atoms with Crippen LogP contribution in [0, 0.1) is 0 Å². The molecule has 0 spiro atoms. The summed E-state index contributed by atoms with van der Waals surface area (Å²) in [5.41, 5.74) is 4.92. The molecular weight excluding hydrogens is 326 g/mol. The van der Waals surface area contributed by atoms with Gasteiger partial charge in [-0.25, -0.2) is 4.98 Å². The zero-order valence-electron chi connectivity index (χ0n) is 14.6. The van der Waals surface area contributed by atoms with E-state index in [0.29, 0.717) is 0 Å². The summed E-state index contributed by atoms with van der Waals surface area (Å²) in [5, 5.41) is 10.2. The van der Waals surface area contributed by atoms with E-state index in [0.717, 1.165) is 39.3 Å². The van der Waals surface area contributed by atoms with Crippen LogP contribution < -0.4 is 10.1 Å². The summed E-state index contributed by atoms with van der Waals surface area (Å²) in [6.45, 7) is 2.09. The van der Waals surface area contributed by atoms with Crippen molar-refractivity contribution in [1.29, 1.82) is 0 Å². The molecule has 0 aliphatic rings. The predicted octanol–water partition coefficient (Wildman–Crippen LogP) is 4.20. The lowest BCUT2D eigenvalue weighted by atomic mass is 10.1. The number of ether oxygens (including phenoxy) is 1. The number of fused-ring (bicyclic) bond motifs is 1. The van der Waals surface area contributed by atoms with Crippen molar-refractivity contribution in [2.24, 2.45) is 0 Å². The molecule has 6 nitrogen and oxygen atoms in total. The Morgan fingerprint density at radius 1 is 1.04 bits per heavy atom. The molecule has 0 saturated heterocycles. The van der Waals surface area contributed by atoms with E-state index in [9.17, 15) is 0 Å². The lowest BCUT2D eigenvalue weighted by Gasteiger charge is -2.16. The Bertz CT molecular complexity index is 1030. The van der Waals surface area contributed by atoms with Crippen molar-refractivity contribution in [1.82, 2.24) is 20.2 Å². The van der Waals surface area contributed by atoms with Gasteiger partial charge in [-0.1, -0.05) is 18.2 Å². The van der Waals surface area contributed by atoms with Gasteiger partial charge in [-0.3, -0.25) is 10.1 Å². The van der Waals surface area contributed by atoms with E-state index in [2.05, 4.69) is 38.5 Å². The highest BCUT2D eigenvalue weighted by atomic mass is 16.5. The number of nitrogens with one attached hydrogen (secondary N) is 2. The van der Waals surface area contributed by atoms with Crippen molar-refractivity contribution < 1.29 is 4.74 Å². The van der Waals surface area contributed by atoms with E-state index in [1.54, 1.807) is 19.5 Å². The summed E-state index contributed by atoms with van der Waals surface area (Å²) in [7, 11) is 1.67. The Morgan fingerprint density at radius 2 is 1.96 bits per heavy atom. The van der Waals surface area contributed by atoms with Crippen molar-refractivity contribution in [2.45, 2.75) is 13.0 Å². The average Bonchev–Trinajstić information content (AvgIpc) is 3.22. The van der Waals surface area contributed by atoms with Gasteiger partial charge in [-0.05, 0) is 42.3 Å². The Hall–Kier alpha value is -3.41. The van der Waals surface area contributed by atoms with E-state index >= 15 is 0 Å². The van der Waals surface area contributed by atoms with Crippen LogP contribution in [-0.4, -0.2) is 27.3 Å². The summed E-state index contributed by atoms with van der Waals surface area (Å²) in [6.07, 6.45) is 5.42. The van der Waals surface area contributed by atoms with Gasteiger partial charge < -0.3 is 10.1 Å². The highest BCUT2D eigenvalue weighted by Gasteiger charge is 2.09. The summed E-state index contributed by atoms with van der Waals surface area (Å²) >= 11 is 0. The Balaban J connectivity index is 1.58. The average molecular weight is 345 g/mol. The second kappa shape index (κ2) is 6.84. The lowest BCUT2D eigenvalue weighted by Crippen LogP contribution is -2.08. The van der Waals surface area contributed by atoms with Gasteiger partial charge in [0.1, 0.15) is 11.6 Å². The van der Waals surface area contributed by atoms with Crippen LogP contribution in [0.5, 0.6) is 5.75 Å². The van der Waals surface area contributed by atoms with E-state index in [1.165, 1.54) is 0 Å². The predicted molar refractivity (Wildman–Crippen MR) is 102 cm³/mol. The van der Waals surface area contributed by atoms with Crippen molar-refractivity contribution in [3.8, 4) is 16.9 Å². The van der Waals surface area contributed by atoms with Gasteiger partial charge in [0.25, 0.3) is 0 Å².